The highest BCUT2D eigenvalue weighted by atomic mass is 32.2. The van der Waals surface area contributed by atoms with Crippen molar-refractivity contribution in [1.29, 1.82) is 0 Å². The van der Waals surface area contributed by atoms with Crippen molar-refractivity contribution in [1.82, 2.24) is 0 Å². The summed E-state index contributed by atoms with van der Waals surface area (Å²) in [6.45, 7) is 3.91. The van der Waals surface area contributed by atoms with Gasteiger partial charge in [0, 0.05) is 12.0 Å². The standard InChI is InChI=1S/C13H23NO6S/c1-4-9(5-2)19-10-6-8(13(15)16)7-11(12(10)14)20-21(3,17)18/h6,9-12H,4-5,7,14H2,1-3H3,(H,15,16)/t10-,11-,12+/m1/s1. The molecule has 0 saturated carbocycles. The summed E-state index contributed by atoms with van der Waals surface area (Å²) in [7, 11) is -3.72. The van der Waals surface area contributed by atoms with E-state index in [0.29, 0.717) is 0 Å². The van der Waals surface area contributed by atoms with Gasteiger partial charge in [-0.3, -0.25) is 4.18 Å². The fourth-order valence-electron chi connectivity index (χ4n) is 2.26. The first-order chi connectivity index (χ1) is 9.67. The minimum absolute atomic E-state index is 0.0568. The van der Waals surface area contributed by atoms with Crippen LogP contribution in [-0.4, -0.2) is 50.1 Å². The van der Waals surface area contributed by atoms with Gasteiger partial charge in [0.15, 0.2) is 0 Å². The van der Waals surface area contributed by atoms with E-state index in [-0.39, 0.29) is 18.1 Å². The molecule has 7 nitrogen and oxygen atoms in total. The van der Waals surface area contributed by atoms with Crippen molar-refractivity contribution in [3.8, 4) is 0 Å². The molecule has 0 saturated heterocycles. The fraction of sp³-hybridized carbons (Fsp3) is 0.769. The zero-order chi connectivity index (χ0) is 16.2. The molecule has 0 aromatic heterocycles. The number of carboxylic acid groups (broad SMARTS) is 1. The summed E-state index contributed by atoms with van der Waals surface area (Å²) in [5.74, 6) is -1.12. The molecule has 0 unspecified atom stereocenters. The third-order valence-corrected chi connectivity index (χ3v) is 4.03. The van der Waals surface area contributed by atoms with E-state index < -0.39 is 34.3 Å². The second-order valence-corrected chi connectivity index (χ2v) is 6.76. The Morgan fingerprint density at radius 3 is 2.48 bits per heavy atom. The lowest BCUT2D eigenvalue weighted by molar-refractivity contribution is -0.133. The molecule has 1 rings (SSSR count). The first-order valence-electron chi connectivity index (χ1n) is 6.91. The Hall–Kier alpha value is -0.960. The number of rotatable bonds is 7. The van der Waals surface area contributed by atoms with Crippen LogP contribution in [0.5, 0.6) is 0 Å². The van der Waals surface area contributed by atoms with E-state index in [1.807, 2.05) is 13.8 Å². The lowest BCUT2D eigenvalue weighted by Gasteiger charge is -2.34. The van der Waals surface area contributed by atoms with Gasteiger partial charge in [0.05, 0.1) is 30.6 Å². The smallest absolute Gasteiger partial charge is 0.331 e. The van der Waals surface area contributed by atoms with Crippen molar-refractivity contribution >= 4 is 16.1 Å². The van der Waals surface area contributed by atoms with Gasteiger partial charge in [-0.15, -0.1) is 0 Å². The molecular formula is C13H23NO6S. The highest BCUT2D eigenvalue weighted by Crippen LogP contribution is 2.25. The molecule has 3 atom stereocenters. The average Bonchev–Trinajstić information content (AvgIpc) is 2.37. The predicted molar refractivity (Wildman–Crippen MR) is 77.3 cm³/mol. The monoisotopic (exact) mass is 321 g/mol. The van der Waals surface area contributed by atoms with Crippen molar-refractivity contribution in [2.75, 3.05) is 6.26 Å². The zero-order valence-corrected chi connectivity index (χ0v) is 13.3. The molecule has 0 spiro atoms. The van der Waals surface area contributed by atoms with Crippen LogP contribution >= 0.6 is 0 Å². The van der Waals surface area contributed by atoms with Gasteiger partial charge < -0.3 is 15.6 Å². The molecule has 0 radical (unpaired) electrons. The maximum atomic E-state index is 11.3. The molecule has 0 amide bonds. The first kappa shape index (κ1) is 18.1. The van der Waals surface area contributed by atoms with Crippen LogP contribution in [0.15, 0.2) is 11.6 Å². The minimum atomic E-state index is -3.72. The van der Waals surface area contributed by atoms with Gasteiger partial charge in [0.1, 0.15) is 0 Å². The van der Waals surface area contributed by atoms with Gasteiger partial charge in [-0.25, -0.2) is 4.79 Å². The minimum Gasteiger partial charge on any atom is -0.478 e. The molecular weight excluding hydrogens is 298 g/mol. The topological polar surface area (TPSA) is 116 Å². The molecule has 0 aliphatic heterocycles. The third-order valence-electron chi connectivity index (χ3n) is 3.43. The molecule has 3 N–H and O–H groups in total. The summed E-state index contributed by atoms with van der Waals surface area (Å²) in [5, 5.41) is 9.14. The Kier molecular flexibility index (Phi) is 6.33. The number of hydrogen-bond acceptors (Lipinski definition) is 6. The molecule has 0 aromatic rings. The molecule has 0 heterocycles. The first-order valence-corrected chi connectivity index (χ1v) is 8.72. The van der Waals surface area contributed by atoms with E-state index in [9.17, 15) is 13.2 Å². The predicted octanol–water partition coefficient (Wildman–Crippen LogP) is 0.647. The Morgan fingerprint density at radius 1 is 1.48 bits per heavy atom. The fourth-order valence-corrected chi connectivity index (χ4v) is 2.90. The number of aliphatic carboxylic acids is 1. The van der Waals surface area contributed by atoms with Crippen LogP contribution in [0.4, 0.5) is 0 Å². The Morgan fingerprint density at radius 2 is 2.05 bits per heavy atom. The van der Waals surface area contributed by atoms with E-state index in [1.54, 1.807) is 0 Å². The van der Waals surface area contributed by atoms with Gasteiger partial charge in [-0.1, -0.05) is 13.8 Å². The van der Waals surface area contributed by atoms with Crippen molar-refractivity contribution in [3.05, 3.63) is 11.6 Å². The van der Waals surface area contributed by atoms with Crippen LogP contribution in [-0.2, 0) is 23.8 Å². The van der Waals surface area contributed by atoms with Crippen LogP contribution in [0.1, 0.15) is 33.1 Å². The summed E-state index contributed by atoms with van der Waals surface area (Å²) < 4.78 is 33.3. The highest BCUT2D eigenvalue weighted by Gasteiger charge is 2.37. The second-order valence-electron chi connectivity index (χ2n) is 5.16. The molecule has 1 aliphatic rings. The average molecular weight is 321 g/mol. The molecule has 1 aliphatic carbocycles. The van der Waals surface area contributed by atoms with Crippen molar-refractivity contribution in [3.63, 3.8) is 0 Å². The Balaban J connectivity index is 2.98. The van der Waals surface area contributed by atoms with E-state index in [1.165, 1.54) is 6.08 Å². The number of hydrogen-bond donors (Lipinski definition) is 2. The number of ether oxygens (including phenoxy) is 1. The van der Waals surface area contributed by atoms with Crippen LogP contribution < -0.4 is 5.73 Å². The Labute approximate surface area is 125 Å². The van der Waals surface area contributed by atoms with Crippen LogP contribution in [0.25, 0.3) is 0 Å². The molecule has 8 heteroatoms. The molecule has 0 fully saturated rings. The summed E-state index contributed by atoms with van der Waals surface area (Å²) in [6.07, 6.45) is 2.14. The van der Waals surface area contributed by atoms with Crippen LogP contribution in [0.3, 0.4) is 0 Å². The maximum Gasteiger partial charge on any atom is 0.331 e. The summed E-state index contributed by atoms with van der Waals surface area (Å²) in [4.78, 5) is 11.2. The lowest BCUT2D eigenvalue weighted by atomic mass is 9.90. The normalized spacial score (nSPS) is 26.7. The van der Waals surface area contributed by atoms with Gasteiger partial charge in [0.25, 0.3) is 10.1 Å². The largest absolute Gasteiger partial charge is 0.478 e. The number of carboxylic acids is 1. The molecule has 0 bridgehead atoms. The lowest BCUT2D eigenvalue weighted by Crippen LogP contribution is -2.51. The second kappa shape index (κ2) is 7.35. The van der Waals surface area contributed by atoms with Crippen molar-refractivity contribution in [2.45, 2.75) is 57.5 Å². The molecule has 0 aromatic carbocycles. The third kappa shape index (κ3) is 5.39. The summed E-state index contributed by atoms with van der Waals surface area (Å²) >= 11 is 0. The van der Waals surface area contributed by atoms with E-state index in [2.05, 4.69) is 0 Å². The quantitative estimate of drug-likeness (QED) is 0.661. The van der Waals surface area contributed by atoms with Gasteiger partial charge in [-0.2, -0.15) is 8.42 Å². The number of carbonyl (C=O) groups is 1. The SMILES string of the molecule is CCC(CC)O[C@@H]1C=C(C(=O)O)C[C@@H](OS(C)(=O)=O)[C@H]1N. The summed E-state index contributed by atoms with van der Waals surface area (Å²) in [6, 6.07) is -0.733. The summed E-state index contributed by atoms with van der Waals surface area (Å²) in [5.41, 5.74) is 6.06. The maximum absolute atomic E-state index is 11.3. The van der Waals surface area contributed by atoms with E-state index >= 15 is 0 Å². The number of nitrogens with two attached hydrogens (primary N) is 1. The van der Waals surface area contributed by atoms with Gasteiger partial charge in [0.2, 0.25) is 0 Å². The van der Waals surface area contributed by atoms with E-state index in [0.717, 1.165) is 19.1 Å². The van der Waals surface area contributed by atoms with E-state index in [4.69, 9.17) is 19.8 Å². The molecule has 122 valence electrons. The van der Waals surface area contributed by atoms with Crippen molar-refractivity contribution < 1.29 is 27.2 Å². The molecule has 21 heavy (non-hydrogen) atoms. The van der Waals surface area contributed by atoms with Crippen LogP contribution in [0.2, 0.25) is 0 Å². The van der Waals surface area contributed by atoms with Crippen LogP contribution in [0, 0.1) is 0 Å². The Bertz CT molecular complexity index is 497. The highest BCUT2D eigenvalue weighted by molar-refractivity contribution is 7.86. The van der Waals surface area contributed by atoms with Gasteiger partial charge in [-0.05, 0) is 18.9 Å². The zero-order valence-electron chi connectivity index (χ0n) is 12.5. The van der Waals surface area contributed by atoms with Crippen molar-refractivity contribution in [2.24, 2.45) is 5.73 Å². The van der Waals surface area contributed by atoms with Gasteiger partial charge >= 0.3 is 5.97 Å².